The molecule has 0 aliphatic carbocycles. The lowest BCUT2D eigenvalue weighted by molar-refractivity contribution is -0.115. The first kappa shape index (κ1) is 16.6. The van der Waals surface area contributed by atoms with Gasteiger partial charge in [-0.05, 0) is 29.8 Å². The normalized spacial score (nSPS) is 16.7. The molecule has 4 heteroatoms. The maximum absolute atomic E-state index is 12.5. The predicted octanol–water partition coefficient (Wildman–Crippen LogP) is 4.70. The van der Waals surface area contributed by atoms with Crippen molar-refractivity contribution >= 4 is 29.1 Å². The van der Waals surface area contributed by atoms with Crippen LogP contribution in [0.25, 0.3) is 0 Å². The van der Waals surface area contributed by atoms with Gasteiger partial charge in [0.1, 0.15) is 5.37 Å². The van der Waals surface area contributed by atoms with Crippen molar-refractivity contribution in [1.82, 2.24) is 0 Å². The molecular weight excluding hydrogens is 342 g/mol. The molecule has 128 valence electrons. The van der Waals surface area contributed by atoms with Crippen molar-refractivity contribution in [2.75, 3.05) is 10.7 Å². The van der Waals surface area contributed by atoms with E-state index in [0.717, 1.165) is 11.3 Å². The molecule has 4 rings (SSSR count). The number of thioether (sulfide) groups is 1. The van der Waals surface area contributed by atoms with Crippen molar-refractivity contribution in [3.05, 3.63) is 102 Å². The number of ketones is 1. The number of nitrogens with zero attached hydrogens (tertiary/aromatic N) is 1. The van der Waals surface area contributed by atoms with Gasteiger partial charge in [-0.2, -0.15) is 0 Å². The number of benzene rings is 3. The first-order chi connectivity index (χ1) is 12.7. The highest BCUT2D eigenvalue weighted by molar-refractivity contribution is 8.00. The van der Waals surface area contributed by atoms with E-state index < -0.39 is 0 Å². The van der Waals surface area contributed by atoms with E-state index in [9.17, 15) is 9.59 Å². The van der Waals surface area contributed by atoms with Gasteiger partial charge in [0, 0.05) is 16.8 Å². The molecule has 1 aliphatic rings. The molecule has 1 amide bonds. The zero-order valence-electron chi connectivity index (χ0n) is 14.0. The van der Waals surface area contributed by atoms with E-state index in [0.29, 0.717) is 16.9 Å². The Morgan fingerprint density at radius 3 is 2.04 bits per heavy atom. The Hall–Kier alpha value is -2.85. The van der Waals surface area contributed by atoms with Crippen LogP contribution in [0.3, 0.4) is 0 Å². The molecule has 3 aromatic rings. The monoisotopic (exact) mass is 359 g/mol. The molecule has 1 saturated heterocycles. The van der Waals surface area contributed by atoms with Crippen LogP contribution in [-0.2, 0) is 4.79 Å². The summed E-state index contributed by atoms with van der Waals surface area (Å²) in [5, 5.41) is -0.0284. The average molecular weight is 359 g/mol. The van der Waals surface area contributed by atoms with Crippen LogP contribution in [-0.4, -0.2) is 17.4 Å². The van der Waals surface area contributed by atoms with E-state index in [4.69, 9.17) is 0 Å². The van der Waals surface area contributed by atoms with Crippen LogP contribution < -0.4 is 4.90 Å². The third kappa shape index (κ3) is 3.16. The molecule has 0 aromatic heterocycles. The Morgan fingerprint density at radius 1 is 0.808 bits per heavy atom. The molecule has 0 bridgehead atoms. The second kappa shape index (κ2) is 7.18. The van der Waals surface area contributed by atoms with E-state index in [1.165, 1.54) is 0 Å². The quantitative estimate of drug-likeness (QED) is 0.634. The molecule has 0 saturated carbocycles. The van der Waals surface area contributed by atoms with Crippen LogP contribution in [0, 0.1) is 0 Å². The van der Waals surface area contributed by atoms with Gasteiger partial charge in [0.05, 0.1) is 5.75 Å². The summed E-state index contributed by atoms with van der Waals surface area (Å²) >= 11 is 1.62. The fraction of sp³-hybridized carbons (Fsp3) is 0.0909. The zero-order valence-corrected chi connectivity index (χ0v) is 14.9. The molecule has 3 nitrogen and oxygen atoms in total. The van der Waals surface area contributed by atoms with E-state index in [1.807, 2.05) is 77.7 Å². The summed E-state index contributed by atoms with van der Waals surface area (Å²) < 4.78 is 0. The van der Waals surface area contributed by atoms with Gasteiger partial charge in [-0.15, -0.1) is 11.8 Å². The minimum absolute atomic E-state index is 0.0149. The molecule has 1 unspecified atom stereocenters. The van der Waals surface area contributed by atoms with Gasteiger partial charge in [-0.25, -0.2) is 0 Å². The van der Waals surface area contributed by atoms with Gasteiger partial charge >= 0.3 is 0 Å². The molecule has 1 fully saturated rings. The number of anilines is 1. The van der Waals surface area contributed by atoms with Gasteiger partial charge in [0.15, 0.2) is 5.78 Å². The number of amides is 1. The zero-order chi connectivity index (χ0) is 17.9. The average Bonchev–Trinajstić information content (AvgIpc) is 3.10. The molecule has 1 atom stereocenters. The number of carbonyl (C=O) groups excluding carboxylic acids is 2. The fourth-order valence-corrected chi connectivity index (χ4v) is 4.27. The lowest BCUT2D eigenvalue weighted by Gasteiger charge is -2.24. The van der Waals surface area contributed by atoms with Crippen LogP contribution in [0.15, 0.2) is 84.9 Å². The Kier molecular flexibility index (Phi) is 4.59. The molecule has 3 aromatic carbocycles. The first-order valence-electron chi connectivity index (χ1n) is 8.42. The summed E-state index contributed by atoms with van der Waals surface area (Å²) in [6.07, 6.45) is 0. The topological polar surface area (TPSA) is 37.4 Å². The summed E-state index contributed by atoms with van der Waals surface area (Å²) in [5.41, 5.74) is 3.21. The standard InChI is InChI=1S/C22H17NO2S/c24-20-15-26-22(18-9-5-2-6-10-18)23(20)19-13-11-17(12-14-19)21(25)16-7-3-1-4-8-16/h1-14,22H,15H2. The van der Waals surface area contributed by atoms with Crippen molar-refractivity contribution < 1.29 is 9.59 Å². The van der Waals surface area contributed by atoms with Gasteiger partial charge in [0.25, 0.3) is 0 Å². The maximum Gasteiger partial charge on any atom is 0.238 e. The third-order valence-corrected chi connectivity index (χ3v) is 5.61. The molecule has 0 radical (unpaired) electrons. The minimum atomic E-state index is -0.0284. The van der Waals surface area contributed by atoms with Crippen LogP contribution in [0.5, 0.6) is 0 Å². The molecule has 1 heterocycles. The predicted molar refractivity (Wildman–Crippen MR) is 105 cm³/mol. The van der Waals surface area contributed by atoms with E-state index in [-0.39, 0.29) is 17.1 Å². The van der Waals surface area contributed by atoms with Crippen molar-refractivity contribution in [2.45, 2.75) is 5.37 Å². The number of hydrogen-bond acceptors (Lipinski definition) is 3. The van der Waals surface area contributed by atoms with Gasteiger partial charge < -0.3 is 0 Å². The second-order valence-corrected chi connectivity index (χ2v) is 7.15. The van der Waals surface area contributed by atoms with Gasteiger partial charge in [-0.3, -0.25) is 14.5 Å². The van der Waals surface area contributed by atoms with Crippen molar-refractivity contribution in [1.29, 1.82) is 0 Å². The van der Waals surface area contributed by atoms with Crippen LogP contribution >= 0.6 is 11.8 Å². The summed E-state index contributed by atoms with van der Waals surface area (Å²) in [4.78, 5) is 26.8. The van der Waals surface area contributed by atoms with Crippen LogP contribution in [0.2, 0.25) is 0 Å². The lowest BCUT2D eigenvalue weighted by Crippen LogP contribution is -2.27. The number of rotatable bonds is 4. The fourth-order valence-electron chi connectivity index (χ4n) is 3.10. The van der Waals surface area contributed by atoms with Gasteiger partial charge in [-0.1, -0.05) is 60.7 Å². The van der Waals surface area contributed by atoms with Crippen LogP contribution in [0.1, 0.15) is 26.9 Å². The summed E-state index contributed by atoms with van der Waals surface area (Å²) in [7, 11) is 0. The van der Waals surface area contributed by atoms with Crippen LogP contribution in [0.4, 0.5) is 5.69 Å². The molecule has 1 aliphatic heterocycles. The highest BCUT2D eigenvalue weighted by atomic mass is 32.2. The highest BCUT2D eigenvalue weighted by Gasteiger charge is 2.33. The van der Waals surface area contributed by atoms with Gasteiger partial charge in [0.2, 0.25) is 5.91 Å². The summed E-state index contributed by atoms with van der Waals surface area (Å²) in [6.45, 7) is 0. The first-order valence-corrected chi connectivity index (χ1v) is 9.47. The summed E-state index contributed by atoms with van der Waals surface area (Å²) in [6, 6.07) is 26.5. The highest BCUT2D eigenvalue weighted by Crippen LogP contribution is 2.41. The van der Waals surface area contributed by atoms with Crippen molar-refractivity contribution in [3.63, 3.8) is 0 Å². The number of hydrogen-bond donors (Lipinski definition) is 0. The molecule has 26 heavy (non-hydrogen) atoms. The van der Waals surface area contributed by atoms with E-state index in [1.54, 1.807) is 23.9 Å². The largest absolute Gasteiger partial charge is 0.295 e. The maximum atomic E-state index is 12.5. The smallest absolute Gasteiger partial charge is 0.238 e. The third-order valence-electron chi connectivity index (χ3n) is 4.40. The van der Waals surface area contributed by atoms with E-state index >= 15 is 0 Å². The Labute approximate surface area is 156 Å². The van der Waals surface area contributed by atoms with Crippen molar-refractivity contribution in [2.24, 2.45) is 0 Å². The van der Waals surface area contributed by atoms with Crippen molar-refractivity contribution in [3.8, 4) is 0 Å². The lowest BCUT2D eigenvalue weighted by atomic mass is 10.0. The Balaban J connectivity index is 1.61. The minimum Gasteiger partial charge on any atom is -0.295 e. The molecule has 0 N–H and O–H groups in total. The SMILES string of the molecule is O=C(c1ccccc1)c1ccc(N2C(=O)CSC2c2ccccc2)cc1. The number of carbonyl (C=O) groups is 2. The summed E-state index contributed by atoms with van der Waals surface area (Å²) in [5.74, 6) is 0.537. The van der Waals surface area contributed by atoms with E-state index in [2.05, 4.69) is 0 Å². The molecule has 0 spiro atoms. The Morgan fingerprint density at radius 2 is 1.38 bits per heavy atom. The second-order valence-electron chi connectivity index (χ2n) is 6.08. The Bertz CT molecular complexity index is 923. The molecular formula is C22H17NO2S.